The van der Waals surface area contributed by atoms with E-state index in [0.717, 1.165) is 0 Å². The summed E-state index contributed by atoms with van der Waals surface area (Å²) in [6, 6.07) is 6.34. The van der Waals surface area contributed by atoms with Crippen LogP contribution in [0.1, 0.15) is 13.3 Å². The maximum absolute atomic E-state index is 13.1. The SMILES string of the molecule is C=Nc1cccc(Nc2cc(NC)n3ncc(NC(=O)N[C@@H]4C[C@@H]4F)c3n2)c1/N=C\C. The molecule has 31 heavy (non-hydrogen) atoms. The highest BCUT2D eigenvalue weighted by Crippen LogP contribution is 2.37. The molecule has 0 unspecified atom stereocenters. The van der Waals surface area contributed by atoms with Gasteiger partial charge in [-0.2, -0.15) is 9.61 Å². The maximum atomic E-state index is 13.1. The van der Waals surface area contributed by atoms with Crippen molar-refractivity contribution >= 4 is 59.0 Å². The van der Waals surface area contributed by atoms with Gasteiger partial charge in [0.05, 0.1) is 23.6 Å². The first-order valence-electron chi connectivity index (χ1n) is 9.67. The summed E-state index contributed by atoms with van der Waals surface area (Å²) in [5.41, 5.74) is 2.76. The molecule has 4 rings (SSSR count). The summed E-state index contributed by atoms with van der Waals surface area (Å²) in [6.07, 6.45) is 2.51. The van der Waals surface area contributed by atoms with Crippen molar-refractivity contribution in [3.63, 3.8) is 0 Å². The van der Waals surface area contributed by atoms with Gasteiger partial charge in [-0.3, -0.25) is 9.98 Å². The number of carbonyl (C=O) groups is 1. The summed E-state index contributed by atoms with van der Waals surface area (Å²) in [6.45, 7) is 5.41. The monoisotopic (exact) mass is 423 g/mol. The molecule has 1 aromatic carbocycles. The zero-order valence-electron chi connectivity index (χ0n) is 17.1. The number of anilines is 4. The van der Waals surface area contributed by atoms with Crippen LogP contribution in [0.2, 0.25) is 0 Å². The van der Waals surface area contributed by atoms with Crippen molar-refractivity contribution in [3.05, 3.63) is 30.5 Å². The van der Waals surface area contributed by atoms with Crippen molar-refractivity contribution in [2.75, 3.05) is 23.0 Å². The molecule has 11 heteroatoms. The second kappa shape index (κ2) is 8.38. The lowest BCUT2D eigenvalue weighted by molar-refractivity contribution is 0.250. The van der Waals surface area contributed by atoms with Gasteiger partial charge in [0, 0.05) is 25.7 Å². The molecule has 0 aliphatic heterocycles. The number of nitrogens with one attached hydrogen (secondary N) is 4. The van der Waals surface area contributed by atoms with E-state index in [9.17, 15) is 9.18 Å². The summed E-state index contributed by atoms with van der Waals surface area (Å²) in [5.74, 6) is 1.14. The largest absolute Gasteiger partial charge is 0.373 e. The van der Waals surface area contributed by atoms with Gasteiger partial charge in [-0.1, -0.05) is 6.07 Å². The molecule has 0 spiro atoms. The van der Waals surface area contributed by atoms with E-state index in [-0.39, 0.29) is 0 Å². The van der Waals surface area contributed by atoms with Crippen molar-refractivity contribution in [2.24, 2.45) is 9.98 Å². The molecule has 10 nitrogen and oxygen atoms in total. The standard InChI is InChI=1S/C20H22FN9O/c1-4-24-18-12(22-2)6-5-7-13(18)26-16-9-17(23-3)30-19(29-16)15(10-25-30)28-20(31)27-14-8-11(14)21/h4-7,9-11,14,23H,2,8H2,1,3H3,(H,26,29)(H2,27,28,31)/b24-4-/t11-,14+/m0/s1. The summed E-state index contributed by atoms with van der Waals surface area (Å²) in [5, 5.41) is 15.8. The van der Waals surface area contributed by atoms with Gasteiger partial charge in [0.25, 0.3) is 0 Å². The lowest BCUT2D eigenvalue weighted by atomic mass is 10.2. The van der Waals surface area contributed by atoms with Crippen LogP contribution in [-0.2, 0) is 0 Å². The number of carbonyl (C=O) groups excluding carboxylic acids is 1. The Kier molecular flexibility index (Phi) is 5.48. The molecular formula is C20H22FN9O. The van der Waals surface area contributed by atoms with Gasteiger partial charge in [0.2, 0.25) is 0 Å². The lowest BCUT2D eigenvalue weighted by Gasteiger charge is -2.13. The highest BCUT2D eigenvalue weighted by atomic mass is 19.1. The predicted octanol–water partition coefficient (Wildman–Crippen LogP) is 3.80. The maximum Gasteiger partial charge on any atom is 0.319 e. The fraction of sp³-hybridized carbons (Fsp3) is 0.250. The Bertz CT molecular complexity index is 1170. The quantitative estimate of drug-likeness (QED) is 0.431. The van der Waals surface area contributed by atoms with Crippen LogP contribution >= 0.6 is 0 Å². The minimum absolute atomic E-state index is 0.333. The van der Waals surface area contributed by atoms with Crippen molar-refractivity contribution in [1.82, 2.24) is 19.9 Å². The Balaban J connectivity index is 1.67. The van der Waals surface area contributed by atoms with Crippen LogP contribution in [0.5, 0.6) is 0 Å². The number of aromatic nitrogens is 3. The van der Waals surface area contributed by atoms with E-state index in [1.54, 1.807) is 23.8 Å². The number of benzene rings is 1. The highest BCUT2D eigenvalue weighted by molar-refractivity contribution is 5.94. The second-order valence-electron chi connectivity index (χ2n) is 6.87. The van der Waals surface area contributed by atoms with Crippen molar-refractivity contribution in [3.8, 4) is 0 Å². The van der Waals surface area contributed by atoms with E-state index in [0.29, 0.717) is 46.5 Å². The van der Waals surface area contributed by atoms with E-state index in [2.05, 4.69) is 48.1 Å². The average molecular weight is 423 g/mol. The molecule has 1 aliphatic rings. The third-order valence-electron chi connectivity index (χ3n) is 4.71. The first-order valence-corrected chi connectivity index (χ1v) is 9.67. The normalized spacial score (nSPS) is 17.5. The Morgan fingerprint density at radius 3 is 2.87 bits per heavy atom. The Hall–Kier alpha value is -4.02. The molecular weight excluding hydrogens is 401 g/mol. The number of hydrogen-bond acceptors (Lipinski definition) is 7. The molecule has 160 valence electrons. The topological polar surface area (TPSA) is 120 Å². The van der Waals surface area contributed by atoms with Gasteiger partial charge in [0.15, 0.2) is 5.65 Å². The smallest absolute Gasteiger partial charge is 0.319 e. The Morgan fingerprint density at radius 2 is 2.19 bits per heavy atom. The molecule has 0 saturated heterocycles. The number of nitrogens with zero attached hydrogens (tertiary/aromatic N) is 5. The number of aliphatic imine (C=N–C) groups is 2. The van der Waals surface area contributed by atoms with Crippen molar-refractivity contribution in [1.29, 1.82) is 0 Å². The van der Waals surface area contributed by atoms with Gasteiger partial charge in [0.1, 0.15) is 29.2 Å². The van der Waals surface area contributed by atoms with Crippen LogP contribution in [0.15, 0.2) is 40.4 Å². The van der Waals surface area contributed by atoms with Crippen LogP contribution in [-0.4, -0.2) is 52.8 Å². The van der Waals surface area contributed by atoms with Crippen LogP contribution < -0.4 is 21.3 Å². The van der Waals surface area contributed by atoms with Crippen LogP contribution in [0.3, 0.4) is 0 Å². The molecule has 4 N–H and O–H groups in total. The summed E-state index contributed by atoms with van der Waals surface area (Å²) in [4.78, 5) is 25.1. The fourth-order valence-corrected chi connectivity index (χ4v) is 3.10. The van der Waals surface area contributed by atoms with Crippen LogP contribution in [0.4, 0.5) is 43.6 Å². The molecule has 2 atom stereocenters. The number of fused-ring (bicyclic) bond motifs is 1. The number of urea groups is 1. The third-order valence-corrected chi connectivity index (χ3v) is 4.71. The third kappa shape index (κ3) is 4.15. The zero-order chi connectivity index (χ0) is 22.0. The average Bonchev–Trinajstić information content (AvgIpc) is 3.30. The molecule has 2 aromatic heterocycles. The molecule has 0 bridgehead atoms. The van der Waals surface area contributed by atoms with Gasteiger partial charge >= 0.3 is 6.03 Å². The molecule has 2 amide bonds. The second-order valence-corrected chi connectivity index (χ2v) is 6.87. The minimum atomic E-state index is -0.986. The van der Waals surface area contributed by atoms with Crippen molar-refractivity contribution < 1.29 is 9.18 Å². The first kappa shape index (κ1) is 20.3. The minimum Gasteiger partial charge on any atom is -0.373 e. The van der Waals surface area contributed by atoms with Gasteiger partial charge in [-0.05, 0) is 25.8 Å². The van der Waals surface area contributed by atoms with E-state index in [1.165, 1.54) is 6.20 Å². The summed E-state index contributed by atoms with van der Waals surface area (Å²) < 4.78 is 14.6. The van der Waals surface area contributed by atoms with Crippen molar-refractivity contribution in [2.45, 2.75) is 25.6 Å². The van der Waals surface area contributed by atoms with Gasteiger partial charge in [-0.25, -0.2) is 14.2 Å². The molecule has 1 saturated carbocycles. The van der Waals surface area contributed by atoms with Gasteiger partial charge in [-0.15, -0.1) is 0 Å². The number of rotatable bonds is 7. The number of hydrogen-bond donors (Lipinski definition) is 4. The first-order chi connectivity index (χ1) is 15.0. The van der Waals surface area contributed by atoms with E-state index in [1.807, 2.05) is 25.1 Å². The molecule has 3 aromatic rings. The van der Waals surface area contributed by atoms with Gasteiger partial charge < -0.3 is 21.3 Å². The lowest BCUT2D eigenvalue weighted by Crippen LogP contribution is -2.31. The van der Waals surface area contributed by atoms with E-state index >= 15 is 0 Å². The number of alkyl halides is 1. The summed E-state index contributed by atoms with van der Waals surface area (Å²) >= 11 is 0. The molecule has 1 aliphatic carbocycles. The fourth-order valence-electron chi connectivity index (χ4n) is 3.10. The van der Waals surface area contributed by atoms with E-state index < -0.39 is 18.2 Å². The number of halogens is 1. The Morgan fingerprint density at radius 1 is 1.39 bits per heavy atom. The van der Waals surface area contributed by atoms with E-state index in [4.69, 9.17) is 0 Å². The molecule has 2 heterocycles. The highest BCUT2D eigenvalue weighted by Gasteiger charge is 2.38. The van der Waals surface area contributed by atoms with Crippen LogP contribution in [0, 0.1) is 0 Å². The predicted molar refractivity (Wildman–Crippen MR) is 121 cm³/mol. The molecule has 1 fully saturated rings. The number of amides is 2. The summed E-state index contributed by atoms with van der Waals surface area (Å²) in [7, 11) is 1.75. The Labute approximate surface area is 177 Å². The van der Waals surface area contributed by atoms with Crippen LogP contribution in [0.25, 0.3) is 5.65 Å². The zero-order valence-corrected chi connectivity index (χ0v) is 17.1. The molecule has 0 radical (unpaired) electrons. The number of para-hydroxylation sites is 1.